The fourth-order valence-electron chi connectivity index (χ4n) is 2.78. The molecule has 3 rings (SSSR count). The zero-order valence-corrected chi connectivity index (χ0v) is 11.7. The number of nitrogens with two attached hydrogens (primary N) is 1. The number of hydrogen-bond acceptors (Lipinski definition) is 5. The molecule has 1 aromatic rings. The van der Waals surface area contributed by atoms with E-state index in [-0.39, 0.29) is 17.2 Å². The molecule has 1 aliphatic heterocycles. The number of rotatable bonds is 3. The van der Waals surface area contributed by atoms with Gasteiger partial charge in [-0.05, 0) is 25.0 Å². The Balaban J connectivity index is 1.76. The van der Waals surface area contributed by atoms with Gasteiger partial charge in [-0.3, -0.25) is 19.8 Å². The third-order valence-corrected chi connectivity index (χ3v) is 4.11. The van der Waals surface area contributed by atoms with Crippen molar-refractivity contribution in [2.24, 2.45) is 0 Å². The Morgan fingerprint density at radius 3 is 2.48 bits per heavy atom. The van der Waals surface area contributed by atoms with Crippen molar-refractivity contribution in [1.29, 1.82) is 0 Å². The molecule has 2 N–H and O–H groups in total. The van der Waals surface area contributed by atoms with Gasteiger partial charge in [-0.1, -0.05) is 0 Å². The quantitative estimate of drug-likeness (QED) is 0.511. The van der Waals surface area contributed by atoms with Gasteiger partial charge in [-0.25, -0.2) is 0 Å². The maximum atomic E-state index is 12.5. The van der Waals surface area contributed by atoms with Gasteiger partial charge < -0.3 is 10.6 Å². The first-order valence-electron chi connectivity index (χ1n) is 7.13. The number of nitrogen functional groups attached to an aromatic ring is 1. The summed E-state index contributed by atoms with van der Waals surface area (Å²) in [6, 6.07) is 4.82. The van der Waals surface area contributed by atoms with Crippen molar-refractivity contribution in [2.75, 3.05) is 31.9 Å². The van der Waals surface area contributed by atoms with Gasteiger partial charge in [0.2, 0.25) is 0 Å². The minimum absolute atomic E-state index is 0.0832. The molecule has 0 radical (unpaired) electrons. The number of benzene rings is 1. The Bertz CT molecular complexity index is 578. The van der Waals surface area contributed by atoms with Crippen molar-refractivity contribution in [1.82, 2.24) is 9.80 Å². The first kappa shape index (κ1) is 13.8. The molecule has 0 bridgehead atoms. The average molecular weight is 290 g/mol. The van der Waals surface area contributed by atoms with Crippen molar-refractivity contribution >= 4 is 17.3 Å². The average Bonchev–Trinajstić information content (AvgIpc) is 3.31. The molecule has 112 valence electrons. The van der Waals surface area contributed by atoms with Gasteiger partial charge in [0.25, 0.3) is 11.6 Å². The molecule has 0 spiro atoms. The van der Waals surface area contributed by atoms with Gasteiger partial charge in [0.15, 0.2) is 0 Å². The van der Waals surface area contributed by atoms with Gasteiger partial charge in [-0.2, -0.15) is 0 Å². The summed E-state index contributed by atoms with van der Waals surface area (Å²) in [6.07, 6.45) is 2.49. The van der Waals surface area contributed by atoms with Crippen LogP contribution in [0, 0.1) is 10.1 Å². The SMILES string of the molecule is Nc1ccc([N+](=O)[O-])c(C(=O)N2CCN(C3CC3)CC2)c1. The summed E-state index contributed by atoms with van der Waals surface area (Å²) < 4.78 is 0. The number of carbonyl (C=O) groups is 1. The highest BCUT2D eigenvalue weighted by molar-refractivity contribution is 5.99. The summed E-state index contributed by atoms with van der Waals surface area (Å²) in [5, 5.41) is 11.1. The lowest BCUT2D eigenvalue weighted by Gasteiger charge is -2.34. The number of carbonyl (C=O) groups excluding carboxylic acids is 1. The Labute approximate surface area is 122 Å². The summed E-state index contributed by atoms with van der Waals surface area (Å²) in [5.74, 6) is -0.301. The predicted molar refractivity (Wildman–Crippen MR) is 78.0 cm³/mol. The monoisotopic (exact) mass is 290 g/mol. The van der Waals surface area contributed by atoms with Crippen LogP contribution in [0.1, 0.15) is 23.2 Å². The van der Waals surface area contributed by atoms with E-state index < -0.39 is 4.92 Å². The van der Waals surface area contributed by atoms with E-state index in [4.69, 9.17) is 5.73 Å². The fraction of sp³-hybridized carbons (Fsp3) is 0.500. The van der Waals surface area contributed by atoms with Crippen LogP contribution in [0.5, 0.6) is 0 Å². The van der Waals surface area contributed by atoms with Crippen LogP contribution >= 0.6 is 0 Å². The van der Waals surface area contributed by atoms with Crippen molar-refractivity contribution in [2.45, 2.75) is 18.9 Å². The largest absolute Gasteiger partial charge is 0.399 e. The molecule has 0 aromatic heterocycles. The molecule has 1 saturated heterocycles. The number of nitro groups is 1. The minimum Gasteiger partial charge on any atom is -0.399 e. The minimum atomic E-state index is -0.535. The van der Waals surface area contributed by atoms with Crippen molar-refractivity contribution < 1.29 is 9.72 Å². The molecule has 21 heavy (non-hydrogen) atoms. The summed E-state index contributed by atoms with van der Waals surface area (Å²) in [4.78, 5) is 27.1. The molecule has 1 saturated carbocycles. The smallest absolute Gasteiger partial charge is 0.282 e. The Kier molecular flexibility index (Phi) is 3.50. The predicted octanol–water partition coefficient (Wildman–Crippen LogP) is 1.10. The highest BCUT2D eigenvalue weighted by atomic mass is 16.6. The molecule has 0 atom stereocenters. The molecular formula is C14H18N4O3. The lowest BCUT2D eigenvalue weighted by molar-refractivity contribution is -0.385. The number of piperazine rings is 1. The normalized spacial score (nSPS) is 19.5. The molecule has 0 unspecified atom stereocenters. The summed E-state index contributed by atoms with van der Waals surface area (Å²) >= 11 is 0. The van der Waals surface area contributed by atoms with E-state index in [1.807, 2.05) is 0 Å². The lowest BCUT2D eigenvalue weighted by Crippen LogP contribution is -2.49. The zero-order valence-electron chi connectivity index (χ0n) is 11.7. The molecule has 7 heteroatoms. The van der Waals surface area contributed by atoms with Crippen LogP contribution in [-0.4, -0.2) is 52.9 Å². The molecular weight excluding hydrogens is 272 g/mol. The number of hydrogen-bond donors (Lipinski definition) is 1. The van der Waals surface area contributed by atoms with Crippen LogP contribution in [0.4, 0.5) is 11.4 Å². The number of nitro benzene ring substituents is 1. The first-order valence-corrected chi connectivity index (χ1v) is 7.13. The molecule has 1 aliphatic carbocycles. The topological polar surface area (TPSA) is 92.7 Å². The molecule has 1 aromatic carbocycles. The lowest BCUT2D eigenvalue weighted by atomic mass is 10.1. The van der Waals surface area contributed by atoms with Gasteiger partial charge >= 0.3 is 0 Å². The highest BCUT2D eigenvalue weighted by Gasteiger charge is 2.33. The second-order valence-corrected chi connectivity index (χ2v) is 5.59. The van der Waals surface area contributed by atoms with E-state index in [0.29, 0.717) is 24.8 Å². The van der Waals surface area contributed by atoms with Crippen molar-refractivity contribution in [3.8, 4) is 0 Å². The second kappa shape index (κ2) is 5.33. The van der Waals surface area contributed by atoms with Crippen LogP contribution in [0.15, 0.2) is 18.2 Å². The van der Waals surface area contributed by atoms with Gasteiger partial charge in [0.1, 0.15) is 5.56 Å². The maximum absolute atomic E-state index is 12.5. The van der Waals surface area contributed by atoms with Crippen LogP contribution in [-0.2, 0) is 0 Å². The van der Waals surface area contributed by atoms with E-state index in [1.54, 1.807) is 4.90 Å². The Hall–Kier alpha value is -2.15. The van der Waals surface area contributed by atoms with Crippen LogP contribution in [0.25, 0.3) is 0 Å². The molecule has 2 aliphatic rings. The van der Waals surface area contributed by atoms with Crippen molar-refractivity contribution in [3.63, 3.8) is 0 Å². The summed E-state index contributed by atoms with van der Waals surface area (Å²) in [6.45, 7) is 2.90. The van der Waals surface area contributed by atoms with E-state index >= 15 is 0 Å². The van der Waals surface area contributed by atoms with Gasteiger partial charge in [-0.15, -0.1) is 0 Å². The van der Waals surface area contributed by atoms with Gasteiger partial charge in [0, 0.05) is 44.0 Å². The highest BCUT2D eigenvalue weighted by Crippen LogP contribution is 2.28. The number of amides is 1. The van der Waals surface area contributed by atoms with E-state index in [9.17, 15) is 14.9 Å². The van der Waals surface area contributed by atoms with E-state index in [1.165, 1.54) is 31.0 Å². The standard InChI is InChI=1S/C14H18N4O3/c15-10-1-4-13(18(20)21)12(9-10)14(19)17-7-5-16(6-8-17)11-2-3-11/h1,4,9,11H,2-3,5-8,15H2. The molecule has 1 heterocycles. The maximum Gasteiger partial charge on any atom is 0.282 e. The first-order chi connectivity index (χ1) is 10.1. The molecule has 2 fully saturated rings. The fourth-order valence-corrected chi connectivity index (χ4v) is 2.78. The summed E-state index contributed by atoms with van der Waals surface area (Å²) in [5.41, 5.74) is 5.93. The van der Waals surface area contributed by atoms with Crippen LogP contribution in [0.2, 0.25) is 0 Å². The third kappa shape index (κ3) is 2.82. The molecule has 1 amide bonds. The Morgan fingerprint density at radius 1 is 1.24 bits per heavy atom. The number of anilines is 1. The van der Waals surface area contributed by atoms with Gasteiger partial charge in [0.05, 0.1) is 4.92 Å². The van der Waals surface area contributed by atoms with E-state index in [0.717, 1.165) is 13.1 Å². The second-order valence-electron chi connectivity index (χ2n) is 5.59. The molecule has 7 nitrogen and oxygen atoms in total. The summed E-state index contributed by atoms with van der Waals surface area (Å²) in [7, 11) is 0. The Morgan fingerprint density at radius 2 is 1.90 bits per heavy atom. The van der Waals surface area contributed by atoms with Crippen LogP contribution < -0.4 is 5.73 Å². The third-order valence-electron chi connectivity index (χ3n) is 4.11. The zero-order chi connectivity index (χ0) is 15.0. The van der Waals surface area contributed by atoms with Crippen LogP contribution in [0.3, 0.4) is 0 Å². The number of nitrogens with zero attached hydrogens (tertiary/aromatic N) is 3. The van der Waals surface area contributed by atoms with Crippen molar-refractivity contribution in [3.05, 3.63) is 33.9 Å². The van der Waals surface area contributed by atoms with E-state index in [2.05, 4.69) is 4.90 Å².